The Kier molecular flexibility index (Phi) is 7.64. The maximum atomic E-state index is 6.84. The number of rotatable bonds is 4. The molecule has 0 unspecified atom stereocenters. The first-order valence-electron chi connectivity index (χ1n) is 24.1. The fraction of sp³-hybridized carbons (Fsp3) is 0. The van der Waals surface area contributed by atoms with Crippen molar-refractivity contribution in [3.05, 3.63) is 231 Å². The maximum Gasteiger partial charge on any atom is 0.135 e. The largest absolute Gasteiger partial charge is 0.456 e. The molecule has 2 aliphatic heterocycles. The van der Waals surface area contributed by atoms with Crippen molar-refractivity contribution in [2.24, 2.45) is 0 Å². The highest BCUT2D eigenvalue weighted by atomic mass is 16.5. The van der Waals surface area contributed by atoms with Crippen LogP contribution >= 0.6 is 0 Å². The molecular weight excluding hydrogens is 849 g/mol. The van der Waals surface area contributed by atoms with Gasteiger partial charge >= 0.3 is 0 Å². The van der Waals surface area contributed by atoms with Crippen LogP contribution < -0.4 is 9.47 Å². The lowest BCUT2D eigenvalue weighted by atomic mass is 9.80. The van der Waals surface area contributed by atoms with Gasteiger partial charge < -0.3 is 9.47 Å². The number of benzene rings is 14. The zero-order chi connectivity index (χ0) is 45.6. The first kappa shape index (κ1) is 37.8. The molecule has 2 aliphatic rings. The molecule has 70 heavy (non-hydrogen) atoms. The number of fused-ring (bicyclic) bond motifs is 6. The minimum atomic E-state index is 0.870. The van der Waals surface area contributed by atoms with E-state index in [9.17, 15) is 0 Å². The van der Waals surface area contributed by atoms with Gasteiger partial charge in [-0.2, -0.15) is 0 Å². The molecule has 0 aliphatic carbocycles. The number of hydrogen-bond donors (Lipinski definition) is 0. The molecule has 0 saturated carbocycles. The second kappa shape index (κ2) is 14.1. The highest BCUT2D eigenvalue weighted by molar-refractivity contribution is 6.33. The van der Waals surface area contributed by atoms with Crippen molar-refractivity contribution < 1.29 is 9.47 Å². The SMILES string of the molecule is c1ccc2c(-c3cc(-c4ccc5c(c4)Oc4cccc6cccc-5c46)c4ccc5c(-c6cccc7ccccc67)cc(-c6ccc7c(c6)Oc6cccc8cccc-7c68)c6ccc3c4c65)cccc2c1. The smallest absolute Gasteiger partial charge is 0.135 e. The van der Waals surface area contributed by atoms with Gasteiger partial charge in [-0.15, -0.1) is 0 Å². The van der Waals surface area contributed by atoms with E-state index in [2.05, 4.69) is 231 Å². The zero-order valence-corrected chi connectivity index (χ0v) is 37.8. The quantitative estimate of drug-likeness (QED) is 0.164. The van der Waals surface area contributed by atoms with Gasteiger partial charge in [-0.3, -0.25) is 0 Å². The predicted octanol–water partition coefficient (Wildman–Crippen LogP) is 19.4. The minimum Gasteiger partial charge on any atom is -0.456 e. The molecule has 16 rings (SSSR count). The predicted molar refractivity (Wildman–Crippen MR) is 293 cm³/mol. The lowest BCUT2D eigenvalue weighted by Crippen LogP contribution is -1.98. The Labute approximate surface area is 403 Å². The molecule has 322 valence electrons. The monoisotopic (exact) mass is 886 g/mol. The molecule has 0 atom stereocenters. The molecular formula is C68H38O2. The second-order valence-corrected chi connectivity index (χ2v) is 19.0. The van der Waals surface area contributed by atoms with Gasteiger partial charge in [-0.25, -0.2) is 0 Å². The van der Waals surface area contributed by atoms with Crippen molar-refractivity contribution in [1.82, 2.24) is 0 Å². The van der Waals surface area contributed by atoms with Crippen LogP contribution in [0.4, 0.5) is 0 Å². The molecule has 0 bridgehead atoms. The van der Waals surface area contributed by atoms with Gasteiger partial charge in [0.15, 0.2) is 0 Å². The first-order valence-corrected chi connectivity index (χ1v) is 24.1. The van der Waals surface area contributed by atoms with Gasteiger partial charge in [0.05, 0.1) is 0 Å². The lowest BCUT2D eigenvalue weighted by molar-refractivity contribution is 0.487. The molecule has 0 saturated heterocycles. The van der Waals surface area contributed by atoms with Gasteiger partial charge in [0.2, 0.25) is 0 Å². The van der Waals surface area contributed by atoms with Crippen molar-refractivity contribution in [2.45, 2.75) is 0 Å². The van der Waals surface area contributed by atoms with E-state index in [0.717, 1.165) is 56.0 Å². The van der Waals surface area contributed by atoms with Crippen LogP contribution in [-0.2, 0) is 0 Å². The Morgan fingerprint density at radius 3 is 1.01 bits per heavy atom. The van der Waals surface area contributed by atoms with Gasteiger partial charge in [0, 0.05) is 21.9 Å². The van der Waals surface area contributed by atoms with Crippen molar-refractivity contribution in [3.63, 3.8) is 0 Å². The van der Waals surface area contributed by atoms with Crippen LogP contribution in [0, 0.1) is 0 Å². The van der Waals surface area contributed by atoms with Crippen molar-refractivity contribution in [3.8, 4) is 89.8 Å². The summed E-state index contributed by atoms with van der Waals surface area (Å²) in [5, 5.41) is 17.0. The minimum absolute atomic E-state index is 0.870. The standard InChI is InChI=1S/C68H38O2/c1-3-19-45-39(11-1)13-5-21-47(45)59-37-57(43-27-29-49-51-23-7-15-41-17-9-25-61(65(41)51)69-63(49)35-43)53-32-34-56-60(48-22-6-14-40-12-2-4-20-46(40)48)38-58(54-31-33-55(59)67(53)68(54)56)44-28-30-50-52-24-8-16-42-18-10-26-62(66(42)52)70-64(50)36-44/h1-38H. The van der Waals surface area contributed by atoms with Crippen LogP contribution in [0.3, 0.4) is 0 Å². The molecule has 0 fully saturated rings. The average Bonchev–Trinajstić information content (AvgIpc) is 3.42. The van der Waals surface area contributed by atoms with E-state index in [1.807, 2.05) is 0 Å². The molecule has 0 spiro atoms. The first-order chi connectivity index (χ1) is 34.7. The van der Waals surface area contributed by atoms with Crippen LogP contribution in [0.2, 0.25) is 0 Å². The average molecular weight is 887 g/mol. The topological polar surface area (TPSA) is 18.5 Å². The summed E-state index contributed by atoms with van der Waals surface area (Å²) in [4.78, 5) is 0. The summed E-state index contributed by atoms with van der Waals surface area (Å²) in [5.74, 6) is 3.53. The zero-order valence-electron chi connectivity index (χ0n) is 37.8. The Hall–Kier alpha value is -9.24. The fourth-order valence-electron chi connectivity index (χ4n) is 12.3. The van der Waals surface area contributed by atoms with Crippen LogP contribution in [0.5, 0.6) is 23.0 Å². The molecule has 2 nitrogen and oxygen atoms in total. The van der Waals surface area contributed by atoms with Crippen molar-refractivity contribution in [2.75, 3.05) is 0 Å². The third-order valence-electron chi connectivity index (χ3n) is 15.4. The summed E-state index contributed by atoms with van der Waals surface area (Å²) in [5.41, 5.74) is 14.0. The van der Waals surface area contributed by atoms with Gasteiger partial charge in [0.25, 0.3) is 0 Å². The Morgan fingerprint density at radius 2 is 0.557 bits per heavy atom. The van der Waals surface area contributed by atoms with Crippen molar-refractivity contribution >= 4 is 75.4 Å². The third-order valence-corrected chi connectivity index (χ3v) is 15.4. The molecule has 14 aromatic carbocycles. The highest BCUT2D eigenvalue weighted by Gasteiger charge is 2.26. The molecule has 0 amide bonds. The molecule has 0 aromatic heterocycles. The van der Waals surface area contributed by atoms with Gasteiger partial charge in [-0.05, 0) is 169 Å². The molecule has 2 heteroatoms. The van der Waals surface area contributed by atoms with Gasteiger partial charge in [-0.1, -0.05) is 182 Å². The summed E-state index contributed by atoms with van der Waals surface area (Å²) < 4.78 is 13.7. The molecule has 0 N–H and O–H groups in total. The molecule has 0 radical (unpaired) electrons. The summed E-state index contributed by atoms with van der Waals surface area (Å²) in [6.07, 6.45) is 0. The number of ether oxygens (including phenoxy) is 2. The Bertz CT molecular complexity index is 4280. The summed E-state index contributed by atoms with van der Waals surface area (Å²) in [6, 6.07) is 84.8. The Balaban J connectivity index is 1.01. The maximum absolute atomic E-state index is 6.84. The van der Waals surface area contributed by atoms with Crippen molar-refractivity contribution in [1.29, 1.82) is 0 Å². The van der Waals surface area contributed by atoms with E-state index in [4.69, 9.17) is 9.47 Å². The van der Waals surface area contributed by atoms with Gasteiger partial charge in [0.1, 0.15) is 23.0 Å². The fourth-order valence-corrected chi connectivity index (χ4v) is 12.3. The summed E-state index contributed by atoms with van der Waals surface area (Å²) in [7, 11) is 0. The molecule has 14 aromatic rings. The van der Waals surface area contributed by atoms with Crippen LogP contribution in [0.1, 0.15) is 0 Å². The Morgan fingerprint density at radius 1 is 0.186 bits per heavy atom. The van der Waals surface area contributed by atoms with E-state index in [0.29, 0.717) is 0 Å². The number of hydrogen-bond acceptors (Lipinski definition) is 2. The third kappa shape index (κ3) is 5.28. The highest BCUT2D eigenvalue weighted by Crippen LogP contribution is 2.54. The van der Waals surface area contributed by atoms with E-state index in [-0.39, 0.29) is 0 Å². The van der Waals surface area contributed by atoms with E-state index >= 15 is 0 Å². The van der Waals surface area contributed by atoms with Crippen LogP contribution in [-0.4, -0.2) is 0 Å². The van der Waals surface area contributed by atoms with E-state index in [1.54, 1.807) is 0 Å². The lowest BCUT2D eigenvalue weighted by Gasteiger charge is -2.24. The summed E-state index contributed by atoms with van der Waals surface area (Å²) in [6.45, 7) is 0. The van der Waals surface area contributed by atoms with Crippen LogP contribution in [0.15, 0.2) is 231 Å². The van der Waals surface area contributed by atoms with E-state index in [1.165, 1.54) is 109 Å². The molecule has 2 heterocycles. The van der Waals surface area contributed by atoms with E-state index < -0.39 is 0 Å². The van der Waals surface area contributed by atoms with Crippen LogP contribution in [0.25, 0.3) is 142 Å². The normalized spacial score (nSPS) is 12.5. The summed E-state index contributed by atoms with van der Waals surface area (Å²) >= 11 is 0. The second-order valence-electron chi connectivity index (χ2n) is 19.0.